The van der Waals surface area contributed by atoms with Crippen LogP contribution in [0.2, 0.25) is 0 Å². The van der Waals surface area contributed by atoms with Crippen molar-refractivity contribution >= 4 is 35.3 Å². The number of benzene rings is 3. The number of fused-ring (bicyclic) bond motifs is 5. The van der Waals surface area contributed by atoms with Crippen LogP contribution in [0.4, 0.5) is 0 Å². The van der Waals surface area contributed by atoms with E-state index in [4.69, 9.17) is 26.7 Å². The molecule has 0 aromatic heterocycles. The molecule has 0 saturated heterocycles. The highest BCUT2D eigenvalue weighted by Gasteiger charge is 2.42. The van der Waals surface area contributed by atoms with Crippen molar-refractivity contribution in [3.8, 4) is 22.6 Å². The van der Waals surface area contributed by atoms with E-state index in [2.05, 4.69) is 28.2 Å². The zero-order valence-electron chi connectivity index (χ0n) is 39.2. The van der Waals surface area contributed by atoms with E-state index in [9.17, 15) is 28.8 Å². The van der Waals surface area contributed by atoms with E-state index in [0.29, 0.717) is 52.2 Å². The molecule has 16 heteroatoms. The van der Waals surface area contributed by atoms with Crippen LogP contribution in [0.25, 0.3) is 11.1 Å². The van der Waals surface area contributed by atoms with Gasteiger partial charge in [0.1, 0.15) is 48.9 Å². The first-order valence-corrected chi connectivity index (χ1v) is 23.4. The Morgan fingerprint density at radius 1 is 0.818 bits per heavy atom. The van der Waals surface area contributed by atoms with Crippen LogP contribution < -0.4 is 47.9 Å². The molecule has 1 heterocycles. The van der Waals surface area contributed by atoms with Gasteiger partial charge in [-0.2, -0.15) is 0 Å². The average molecular weight is 911 g/mol. The standard InChI is InChI=1S/C50H70N8O8/c1-6-7-8-9-10-11-33-12-17-37(30(2)26-33)46(60)55-40(20-21-51)50(64)58(5)45-36-16-19-43(66-25-23-53)39(29-36)38-27-34(13-18-42(38)65-24-22-52)28-41(47(61)54-31(3)32(4)59)56-48(62)44(35-14-15-35)57-49(45)63/h12-13,16-19,26-27,29,31,35,40-41,44-45H,6-11,14-15,20-25,28,51-53H2,1-5H3,(H,54,61)(H,55,60)(H,56,62)(H,57,63)/t31-,40-,41-,44-,45-/m0/s1. The number of unbranched alkanes of at least 4 members (excludes halogenated alkanes) is 4. The summed E-state index contributed by atoms with van der Waals surface area (Å²) in [7, 11) is 1.48. The summed E-state index contributed by atoms with van der Waals surface area (Å²) in [6.45, 7) is 7.77. The molecule has 0 radical (unpaired) electrons. The summed E-state index contributed by atoms with van der Waals surface area (Å²) in [5.74, 6) is -2.57. The van der Waals surface area contributed by atoms with E-state index in [1.807, 2.05) is 25.1 Å². The van der Waals surface area contributed by atoms with Crippen molar-refractivity contribution in [3.63, 3.8) is 0 Å². The Morgan fingerprint density at radius 2 is 1.48 bits per heavy atom. The molecule has 1 saturated carbocycles. The molecule has 5 amide bonds. The molecule has 1 aliphatic heterocycles. The first-order valence-electron chi connectivity index (χ1n) is 23.4. The van der Waals surface area contributed by atoms with E-state index in [1.54, 1.807) is 43.3 Å². The van der Waals surface area contributed by atoms with Gasteiger partial charge in [-0.25, -0.2) is 0 Å². The first-order chi connectivity index (χ1) is 31.7. The summed E-state index contributed by atoms with van der Waals surface area (Å²) in [6.07, 6.45) is 8.07. The molecule has 16 nitrogen and oxygen atoms in total. The molecule has 0 unspecified atom stereocenters. The van der Waals surface area contributed by atoms with Gasteiger partial charge < -0.3 is 52.8 Å². The molecule has 3 aromatic rings. The van der Waals surface area contributed by atoms with E-state index in [-0.39, 0.29) is 57.4 Å². The van der Waals surface area contributed by atoms with Crippen LogP contribution in [0.3, 0.4) is 0 Å². The fourth-order valence-electron chi connectivity index (χ4n) is 8.27. The topological polar surface area (TPSA) is 250 Å². The first kappa shape index (κ1) is 51.1. The number of nitrogens with zero attached hydrogens (tertiary/aromatic N) is 1. The number of nitrogens with one attached hydrogen (secondary N) is 4. The lowest BCUT2D eigenvalue weighted by Crippen LogP contribution is -2.58. The van der Waals surface area contributed by atoms with Gasteiger partial charge in [-0.1, -0.05) is 56.9 Å². The molecule has 5 atom stereocenters. The largest absolute Gasteiger partial charge is 0.492 e. The van der Waals surface area contributed by atoms with Crippen LogP contribution in [0, 0.1) is 12.8 Å². The maximum atomic E-state index is 14.9. The third-order valence-electron chi connectivity index (χ3n) is 12.3. The molecular weight excluding hydrogens is 841 g/mol. The number of hydrogen-bond donors (Lipinski definition) is 7. The Labute approximate surface area is 388 Å². The second kappa shape index (κ2) is 24.6. The van der Waals surface area contributed by atoms with Gasteiger partial charge in [0, 0.05) is 43.2 Å². The van der Waals surface area contributed by atoms with Crippen molar-refractivity contribution in [3.05, 3.63) is 82.4 Å². The lowest BCUT2D eigenvalue weighted by molar-refractivity contribution is -0.142. The summed E-state index contributed by atoms with van der Waals surface area (Å²) in [4.78, 5) is 85.2. The lowest BCUT2D eigenvalue weighted by Gasteiger charge is -2.33. The van der Waals surface area contributed by atoms with Crippen LogP contribution in [-0.4, -0.2) is 104 Å². The van der Waals surface area contributed by atoms with Gasteiger partial charge in [-0.05, 0) is 118 Å². The predicted molar refractivity (Wildman–Crippen MR) is 254 cm³/mol. The molecule has 1 aliphatic carbocycles. The number of amides is 5. The highest BCUT2D eigenvalue weighted by Crippen LogP contribution is 2.41. The number of aryl methyl sites for hydroxylation is 2. The third kappa shape index (κ3) is 13.6. The summed E-state index contributed by atoms with van der Waals surface area (Å²) >= 11 is 0. The van der Waals surface area contributed by atoms with Crippen LogP contribution in [-0.2, 0) is 36.8 Å². The SMILES string of the molecule is CCCCCCCc1ccc(C(=O)N[C@@H](CCN)C(=O)N(C)[C@@H]2C(=O)N[C@@H](C3CC3)C(=O)N[C@H](C(=O)N[C@@H](C)C(C)=O)Cc3ccc(OCCN)c(c3)-c3cc2ccc3OCCN)c(C)c1. The molecule has 10 N–H and O–H groups in total. The Hall–Kier alpha value is -5.84. The van der Waals surface area contributed by atoms with E-state index in [0.717, 1.165) is 30.4 Å². The van der Waals surface area contributed by atoms with E-state index >= 15 is 0 Å². The number of ether oxygens (including phenoxy) is 2. The summed E-state index contributed by atoms with van der Waals surface area (Å²) in [5, 5.41) is 11.4. The predicted octanol–water partition coefficient (Wildman–Crippen LogP) is 3.53. The smallest absolute Gasteiger partial charge is 0.252 e. The quantitative estimate of drug-likeness (QED) is 0.0719. The monoisotopic (exact) mass is 911 g/mol. The highest BCUT2D eigenvalue weighted by atomic mass is 16.5. The summed E-state index contributed by atoms with van der Waals surface area (Å²) in [6, 6.07) is 10.6. The second-order valence-electron chi connectivity index (χ2n) is 17.6. The van der Waals surface area contributed by atoms with Crippen molar-refractivity contribution < 1.29 is 38.2 Å². The van der Waals surface area contributed by atoms with Crippen molar-refractivity contribution in [2.75, 3.05) is 39.9 Å². The fraction of sp³-hybridized carbons (Fsp3) is 0.520. The molecule has 0 spiro atoms. The summed E-state index contributed by atoms with van der Waals surface area (Å²) in [5.41, 5.74) is 22.2. The zero-order chi connectivity index (χ0) is 47.9. The molecule has 66 heavy (non-hydrogen) atoms. The molecule has 5 rings (SSSR count). The van der Waals surface area contributed by atoms with E-state index in [1.165, 1.54) is 38.1 Å². The average Bonchev–Trinajstić information content (AvgIpc) is 4.14. The van der Waals surface area contributed by atoms with Gasteiger partial charge in [0.15, 0.2) is 5.78 Å². The lowest BCUT2D eigenvalue weighted by atomic mass is 9.93. The van der Waals surface area contributed by atoms with Crippen LogP contribution in [0.5, 0.6) is 11.5 Å². The van der Waals surface area contributed by atoms with Gasteiger partial charge in [-0.3, -0.25) is 28.8 Å². The highest BCUT2D eigenvalue weighted by molar-refractivity contribution is 6.00. The minimum absolute atomic E-state index is 0.0211. The maximum Gasteiger partial charge on any atom is 0.252 e. The van der Waals surface area contributed by atoms with Crippen LogP contribution in [0.15, 0.2) is 54.6 Å². The summed E-state index contributed by atoms with van der Waals surface area (Å²) < 4.78 is 12.3. The molecule has 4 bridgehead atoms. The van der Waals surface area contributed by atoms with Gasteiger partial charge in [0.05, 0.1) is 6.04 Å². The molecule has 2 aliphatic rings. The minimum atomic E-state index is -1.35. The van der Waals surface area contributed by atoms with Crippen molar-refractivity contribution in [1.29, 1.82) is 0 Å². The van der Waals surface area contributed by atoms with Crippen LogP contribution in [0.1, 0.15) is 111 Å². The van der Waals surface area contributed by atoms with E-state index < -0.39 is 59.7 Å². The zero-order valence-corrected chi connectivity index (χ0v) is 39.2. The maximum absolute atomic E-state index is 14.9. The number of nitrogens with two attached hydrogens (primary N) is 3. The van der Waals surface area contributed by atoms with Crippen molar-refractivity contribution in [1.82, 2.24) is 26.2 Å². The number of ketones is 1. The Morgan fingerprint density at radius 3 is 2.11 bits per heavy atom. The number of Topliss-reactive ketones (excluding diaryl/α,β-unsaturated/α-hetero) is 1. The van der Waals surface area contributed by atoms with Gasteiger partial charge in [-0.15, -0.1) is 0 Å². The third-order valence-corrected chi connectivity index (χ3v) is 12.3. The van der Waals surface area contributed by atoms with Gasteiger partial charge in [0.2, 0.25) is 23.6 Å². The molecule has 3 aromatic carbocycles. The van der Waals surface area contributed by atoms with Crippen LogP contribution >= 0.6 is 0 Å². The van der Waals surface area contributed by atoms with Crippen molar-refractivity contribution in [2.24, 2.45) is 23.1 Å². The van der Waals surface area contributed by atoms with Gasteiger partial charge in [0.25, 0.3) is 5.91 Å². The Kier molecular flexibility index (Phi) is 19.1. The fourth-order valence-corrected chi connectivity index (χ4v) is 8.27. The second-order valence-corrected chi connectivity index (χ2v) is 17.6. The number of rotatable bonds is 22. The van der Waals surface area contributed by atoms with Crippen molar-refractivity contribution in [2.45, 2.75) is 122 Å². The normalized spacial score (nSPS) is 18.2. The Balaban J connectivity index is 1.58. The molecule has 1 fully saturated rings. The number of likely N-dealkylation sites (N-methyl/N-ethyl adjacent to an activating group) is 1. The molecule has 358 valence electrons. The number of carbonyl (C=O) groups is 6. The van der Waals surface area contributed by atoms with Gasteiger partial charge >= 0.3 is 0 Å². The molecular formula is C50H70N8O8. The number of carbonyl (C=O) groups excluding carboxylic acids is 6. The number of hydrogen-bond acceptors (Lipinski definition) is 11. The Bertz CT molecular complexity index is 2190. The minimum Gasteiger partial charge on any atom is -0.492 e.